The molecule has 0 saturated heterocycles. The van der Waals surface area contributed by atoms with E-state index in [0.717, 1.165) is 5.56 Å². The monoisotopic (exact) mass is 260 g/mol. The van der Waals surface area contributed by atoms with Crippen molar-refractivity contribution in [2.75, 3.05) is 7.11 Å². The lowest BCUT2D eigenvalue weighted by Crippen LogP contribution is -1.97. The first-order valence-electron chi connectivity index (χ1n) is 5.90. The second kappa shape index (κ2) is 7.26. The van der Waals surface area contributed by atoms with Gasteiger partial charge in [-0.3, -0.25) is 9.59 Å². The Morgan fingerprint density at radius 1 is 1.26 bits per heavy atom. The van der Waals surface area contributed by atoms with Gasteiger partial charge in [0.2, 0.25) is 0 Å². The minimum absolute atomic E-state index is 0.00115. The molecule has 0 saturated carbocycles. The van der Waals surface area contributed by atoms with Crippen LogP contribution >= 0.6 is 0 Å². The Hall–Kier alpha value is -2.23. The number of ether oxygens (including phenoxy) is 1. The van der Waals surface area contributed by atoms with Crippen LogP contribution in [0.5, 0.6) is 5.75 Å². The highest BCUT2D eigenvalue weighted by Gasteiger charge is 2.03. The Kier molecular flexibility index (Phi) is 5.67. The minimum Gasteiger partial charge on any atom is -0.496 e. The van der Waals surface area contributed by atoms with E-state index in [1.165, 1.54) is 20.1 Å². The van der Waals surface area contributed by atoms with E-state index in [-0.39, 0.29) is 24.4 Å². The summed E-state index contributed by atoms with van der Waals surface area (Å²) in [7, 11) is 1.48. The highest BCUT2D eigenvalue weighted by atomic mass is 16.5. The molecule has 0 atom stereocenters. The zero-order valence-corrected chi connectivity index (χ0v) is 11.0. The lowest BCUT2D eigenvalue weighted by molar-refractivity contribution is -0.120. The Labute approximate surface area is 112 Å². The summed E-state index contributed by atoms with van der Waals surface area (Å²) in [5.74, 6) is 0.362. The summed E-state index contributed by atoms with van der Waals surface area (Å²) >= 11 is 0. The van der Waals surface area contributed by atoms with Crippen molar-refractivity contribution in [1.29, 1.82) is 0 Å². The number of aldehydes is 1. The highest BCUT2D eigenvalue weighted by molar-refractivity contribution is 5.95. The van der Waals surface area contributed by atoms with Crippen LogP contribution in [0.15, 0.2) is 24.3 Å². The molecule has 0 aliphatic heterocycles. The fourth-order valence-electron chi connectivity index (χ4n) is 1.50. The molecule has 0 bridgehead atoms. The quantitative estimate of drug-likeness (QED) is 0.558. The summed E-state index contributed by atoms with van der Waals surface area (Å²) < 4.78 is 5.07. The Morgan fingerprint density at radius 3 is 2.58 bits per heavy atom. The van der Waals surface area contributed by atoms with Crippen molar-refractivity contribution >= 4 is 23.9 Å². The van der Waals surface area contributed by atoms with Gasteiger partial charge in [0.25, 0.3) is 0 Å². The number of allylic oxidation sites excluding steroid dienone is 1. The third-order valence-corrected chi connectivity index (χ3v) is 2.57. The van der Waals surface area contributed by atoms with E-state index in [0.29, 0.717) is 17.6 Å². The van der Waals surface area contributed by atoms with Crippen LogP contribution in [-0.4, -0.2) is 25.0 Å². The number of Topliss-reactive ketones (excluding diaryl/α,β-unsaturated/α-hetero) is 1. The molecular weight excluding hydrogens is 244 g/mol. The fraction of sp³-hybridized carbons (Fsp3) is 0.267. The van der Waals surface area contributed by atoms with Gasteiger partial charge in [0.05, 0.1) is 12.7 Å². The van der Waals surface area contributed by atoms with Crippen LogP contribution in [-0.2, 0) is 9.59 Å². The molecular formula is C15H16O4. The lowest BCUT2D eigenvalue weighted by atomic mass is 10.1. The van der Waals surface area contributed by atoms with Crippen LogP contribution in [0.1, 0.15) is 35.7 Å². The van der Waals surface area contributed by atoms with E-state index in [2.05, 4.69) is 0 Å². The van der Waals surface area contributed by atoms with Gasteiger partial charge in [-0.1, -0.05) is 12.1 Å². The van der Waals surface area contributed by atoms with Crippen molar-refractivity contribution in [2.24, 2.45) is 0 Å². The fourth-order valence-corrected chi connectivity index (χ4v) is 1.50. The summed E-state index contributed by atoms with van der Waals surface area (Å²) in [6.45, 7) is 1.46. The lowest BCUT2D eigenvalue weighted by Gasteiger charge is -2.04. The molecule has 0 amide bonds. The summed E-state index contributed by atoms with van der Waals surface area (Å²) in [6.07, 6.45) is 4.26. The van der Waals surface area contributed by atoms with E-state index in [1.807, 2.05) is 0 Å². The van der Waals surface area contributed by atoms with Gasteiger partial charge in [-0.15, -0.1) is 0 Å². The van der Waals surface area contributed by atoms with Gasteiger partial charge in [0.15, 0.2) is 12.1 Å². The number of hydrogen-bond donors (Lipinski definition) is 0. The van der Waals surface area contributed by atoms with Gasteiger partial charge in [-0.05, 0) is 30.7 Å². The average molecular weight is 260 g/mol. The number of carbonyl (C=O) groups is 3. The number of benzene rings is 1. The topological polar surface area (TPSA) is 60.4 Å². The Balaban J connectivity index is 2.74. The zero-order valence-electron chi connectivity index (χ0n) is 11.0. The molecule has 0 heterocycles. The highest BCUT2D eigenvalue weighted by Crippen LogP contribution is 2.19. The van der Waals surface area contributed by atoms with Crippen molar-refractivity contribution in [2.45, 2.75) is 19.8 Å². The molecule has 0 spiro atoms. The predicted molar refractivity (Wildman–Crippen MR) is 72.3 cm³/mol. The summed E-state index contributed by atoms with van der Waals surface area (Å²) in [4.78, 5) is 33.0. The molecule has 4 nitrogen and oxygen atoms in total. The molecule has 4 heteroatoms. The van der Waals surface area contributed by atoms with Crippen molar-refractivity contribution in [3.63, 3.8) is 0 Å². The molecule has 1 rings (SSSR count). The summed E-state index contributed by atoms with van der Waals surface area (Å²) in [6, 6.07) is 5.03. The van der Waals surface area contributed by atoms with E-state index in [9.17, 15) is 14.4 Å². The molecule has 100 valence electrons. The first kappa shape index (κ1) is 14.8. The van der Waals surface area contributed by atoms with E-state index >= 15 is 0 Å². The normalized spacial score (nSPS) is 10.4. The van der Waals surface area contributed by atoms with Crippen molar-refractivity contribution in [3.8, 4) is 5.75 Å². The van der Waals surface area contributed by atoms with Crippen LogP contribution in [0.2, 0.25) is 0 Å². The van der Waals surface area contributed by atoms with Crippen LogP contribution < -0.4 is 4.74 Å². The third kappa shape index (κ3) is 4.87. The minimum atomic E-state index is -0.103. The van der Waals surface area contributed by atoms with Crippen LogP contribution in [0.3, 0.4) is 0 Å². The van der Waals surface area contributed by atoms with Crippen molar-refractivity contribution in [1.82, 2.24) is 0 Å². The standard InChI is InChI=1S/C15H16O4/c1-11(17)3-7-14(18)8-5-12-4-6-13(10-16)15(9-12)19-2/h4-6,8-10H,3,7H2,1-2H3/b8-5+. The molecule has 0 N–H and O–H groups in total. The molecule has 0 unspecified atom stereocenters. The molecule has 0 aromatic heterocycles. The van der Waals surface area contributed by atoms with E-state index < -0.39 is 0 Å². The molecule has 1 aromatic carbocycles. The smallest absolute Gasteiger partial charge is 0.156 e. The maximum atomic E-state index is 11.5. The average Bonchev–Trinajstić information content (AvgIpc) is 2.42. The first-order chi connectivity index (χ1) is 9.06. The number of hydrogen-bond acceptors (Lipinski definition) is 4. The summed E-state index contributed by atoms with van der Waals surface area (Å²) in [5, 5.41) is 0. The zero-order chi connectivity index (χ0) is 14.3. The second-order valence-electron chi connectivity index (χ2n) is 4.12. The van der Waals surface area contributed by atoms with Crippen LogP contribution in [0.25, 0.3) is 6.08 Å². The van der Waals surface area contributed by atoms with Gasteiger partial charge >= 0.3 is 0 Å². The molecule has 19 heavy (non-hydrogen) atoms. The van der Waals surface area contributed by atoms with Crippen LogP contribution in [0, 0.1) is 0 Å². The summed E-state index contributed by atoms with van der Waals surface area (Å²) in [5.41, 5.74) is 1.22. The predicted octanol–water partition coefficient (Wildman–Crippen LogP) is 2.46. The molecule has 0 fully saturated rings. The Bertz CT molecular complexity index is 515. The van der Waals surface area contributed by atoms with Crippen molar-refractivity contribution < 1.29 is 19.1 Å². The van der Waals surface area contributed by atoms with E-state index in [1.54, 1.807) is 24.3 Å². The molecule has 1 aromatic rings. The number of ketones is 2. The largest absolute Gasteiger partial charge is 0.496 e. The number of carbonyl (C=O) groups excluding carboxylic acids is 3. The number of rotatable bonds is 7. The SMILES string of the molecule is COc1cc(/C=C/C(=O)CCC(C)=O)ccc1C=O. The maximum Gasteiger partial charge on any atom is 0.156 e. The molecule has 0 radical (unpaired) electrons. The first-order valence-corrected chi connectivity index (χ1v) is 5.90. The van der Waals surface area contributed by atoms with Gasteiger partial charge in [-0.25, -0.2) is 0 Å². The van der Waals surface area contributed by atoms with Crippen LogP contribution in [0.4, 0.5) is 0 Å². The van der Waals surface area contributed by atoms with Gasteiger partial charge < -0.3 is 9.53 Å². The molecule has 0 aliphatic carbocycles. The van der Waals surface area contributed by atoms with E-state index in [4.69, 9.17) is 4.74 Å². The maximum absolute atomic E-state index is 11.5. The van der Waals surface area contributed by atoms with Gasteiger partial charge in [0.1, 0.15) is 11.5 Å². The number of methoxy groups -OCH3 is 1. The van der Waals surface area contributed by atoms with Gasteiger partial charge in [-0.2, -0.15) is 0 Å². The van der Waals surface area contributed by atoms with Gasteiger partial charge in [0, 0.05) is 12.8 Å². The second-order valence-corrected chi connectivity index (χ2v) is 4.12. The third-order valence-electron chi connectivity index (χ3n) is 2.57. The van der Waals surface area contributed by atoms with Crippen molar-refractivity contribution in [3.05, 3.63) is 35.4 Å². The Morgan fingerprint density at radius 2 is 2.00 bits per heavy atom. The molecule has 0 aliphatic rings.